The number of hydrogen-bond acceptors (Lipinski definition) is 4. The van der Waals surface area contributed by atoms with Crippen LogP contribution in [0.5, 0.6) is 11.5 Å². The Balaban J connectivity index is 2.02. The quantitative estimate of drug-likeness (QED) is 0.658. The molecule has 0 fully saturated rings. The molecule has 2 aromatic rings. The van der Waals surface area contributed by atoms with Crippen LogP contribution in [0.3, 0.4) is 0 Å². The number of hydrazone groups is 1. The van der Waals surface area contributed by atoms with E-state index in [1.807, 2.05) is 31.2 Å². The van der Waals surface area contributed by atoms with Crippen LogP contribution >= 0.6 is 0 Å². The number of nitrogens with zero attached hydrogens (tertiary/aromatic N) is 1. The van der Waals surface area contributed by atoms with E-state index in [4.69, 9.17) is 4.74 Å². The Morgan fingerprint density at radius 2 is 2.00 bits per heavy atom. The number of hydrogen-bond donors (Lipinski definition) is 2. The lowest BCUT2D eigenvalue weighted by Gasteiger charge is -2.08. The second-order valence-corrected chi connectivity index (χ2v) is 4.83. The van der Waals surface area contributed by atoms with Crippen LogP contribution < -0.4 is 10.2 Å². The normalized spacial score (nSPS) is 11.1. The van der Waals surface area contributed by atoms with Crippen LogP contribution in [0.15, 0.2) is 53.6 Å². The Morgan fingerprint density at radius 1 is 1.23 bits per heavy atom. The smallest absolute Gasteiger partial charge is 0.271 e. The van der Waals surface area contributed by atoms with Crippen LogP contribution in [0.1, 0.15) is 22.8 Å². The van der Waals surface area contributed by atoms with Gasteiger partial charge in [-0.2, -0.15) is 5.10 Å². The van der Waals surface area contributed by atoms with Gasteiger partial charge in [0.1, 0.15) is 11.5 Å². The zero-order chi connectivity index (χ0) is 15.9. The van der Waals surface area contributed by atoms with Gasteiger partial charge in [-0.25, -0.2) is 5.43 Å². The lowest BCUT2D eigenvalue weighted by atomic mass is 10.1. The molecule has 0 radical (unpaired) electrons. The number of rotatable bonds is 5. The standard InChI is InChI=1S/C17H18N2O3/c1-12(10-13-6-3-4-9-16(13)22-2)18-19-17(21)14-7-5-8-15(20)11-14/h3-9,11,20H,10H2,1-2H3,(H,19,21)/b18-12-. The Morgan fingerprint density at radius 3 is 2.73 bits per heavy atom. The Kier molecular flexibility index (Phi) is 5.14. The molecule has 0 saturated carbocycles. The molecule has 0 spiro atoms. The summed E-state index contributed by atoms with van der Waals surface area (Å²) in [6, 6.07) is 13.8. The molecule has 2 aromatic carbocycles. The van der Waals surface area contributed by atoms with Crippen LogP contribution in [-0.2, 0) is 6.42 Å². The molecule has 1 amide bonds. The van der Waals surface area contributed by atoms with Crippen LogP contribution in [0.2, 0.25) is 0 Å². The Bertz CT molecular complexity index is 696. The number of nitrogens with one attached hydrogen (secondary N) is 1. The molecule has 5 heteroatoms. The molecular formula is C17H18N2O3. The van der Waals surface area contributed by atoms with Crippen molar-refractivity contribution in [2.24, 2.45) is 5.10 Å². The molecule has 0 heterocycles. The van der Waals surface area contributed by atoms with Crippen molar-refractivity contribution < 1.29 is 14.6 Å². The maximum Gasteiger partial charge on any atom is 0.271 e. The molecule has 0 bridgehead atoms. The number of para-hydroxylation sites is 1. The van der Waals surface area contributed by atoms with Gasteiger partial charge in [-0.3, -0.25) is 4.79 Å². The van der Waals surface area contributed by atoms with Crippen molar-refractivity contribution >= 4 is 11.6 Å². The number of phenolic OH excluding ortho intramolecular Hbond substituents is 1. The number of amides is 1. The highest BCUT2D eigenvalue weighted by Gasteiger charge is 2.06. The van der Waals surface area contributed by atoms with Crippen LogP contribution in [-0.4, -0.2) is 23.8 Å². The number of aromatic hydroxyl groups is 1. The predicted molar refractivity (Wildman–Crippen MR) is 85.4 cm³/mol. The van der Waals surface area contributed by atoms with E-state index >= 15 is 0 Å². The molecule has 5 nitrogen and oxygen atoms in total. The number of methoxy groups -OCH3 is 1. The summed E-state index contributed by atoms with van der Waals surface area (Å²) >= 11 is 0. The number of carbonyl (C=O) groups is 1. The van der Waals surface area contributed by atoms with Gasteiger partial charge < -0.3 is 9.84 Å². The number of ether oxygens (including phenoxy) is 1. The molecule has 2 N–H and O–H groups in total. The summed E-state index contributed by atoms with van der Waals surface area (Å²) in [6.07, 6.45) is 0.574. The molecule has 0 aromatic heterocycles. The van der Waals surface area contributed by atoms with Crippen molar-refractivity contribution in [3.8, 4) is 11.5 Å². The van der Waals surface area contributed by atoms with Gasteiger partial charge in [0.25, 0.3) is 5.91 Å². The molecule has 2 rings (SSSR count). The maximum atomic E-state index is 11.9. The minimum Gasteiger partial charge on any atom is -0.508 e. The van der Waals surface area contributed by atoms with Crippen molar-refractivity contribution in [2.45, 2.75) is 13.3 Å². The van der Waals surface area contributed by atoms with Crippen molar-refractivity contribution in [3.63, 3.8) is 0 Å². The third kappa shape index (κ3) is 4.09. The van der Waals surface area contributed by atoms with Gasteiger partial charge in [0.2, 0.25) is 0 Å². The second kappa shape index (κ2) is 7.26. The summed E-state index contributed by atoms with van der Waals surface area (Å²) in [5, 5.41) is 13.4. The van der Waals surface area contributed by atoms with E-state index < -0.39 is 0 Å². The number of carbonyl (C=O) groups excluding carboxylic acids is 1. The predicted octanol–water partition coefficient (Wildman–Crippen LogP) is 2.75. The fourth-order valence-electron chi connectivity index (χ4n) is 2.02. The van der Waals surface area contributed by atoms with Crippen molar-refractivity contribution in [3.05, 3.63) is 59.7 Å². The SMILES string of the molecule is COc1ccccc1C/C(C)=N\NC(=O)c1cccc(O)c1. The molecule has 0 unspecified atom stereocenters. The van der Waals surface area contributed by atoms with Gasteiger partial charge in [0, 0.05) is 17.7 Å². The van der Waals surface area contributed by atoms with E-state index in [1.165, 1.54) is 12.1 Å². The van der Waals surface area contributed by atoms with Crippen molar-refractivity contribution in [1.82, 2.24) is 5.43 Å². The topological polar surface area (TPSA) is 70.9 Å². The zero-order valence-corrected chi connectivity index (χ0v) is 12.5. The highest BCUT2D eigenvalue weighted by atomic mass is 16.5. The molecule has 0 aliphatic heterocycles. The van der Waals surface area contributed by atoms with Gasteiger partial charge in [0.05, 0.1) is 7.11 Å². The summed E-state index contributed by atoms with van der Waals surface area (Å²) in [7, 11) is 1.62. The zero-order valence-electron chi connectivity index (χ0n) is 12.5. The lowest BCUT2D eigenvalue weighted by molar-refractivity contribution is 0.0954. The van der Waals surface area contributed by atoms with Crippen molar-refractivity contribution in [2.75, 3.05) is 7.11 Å². The summed E-state index contributed by atoms with van der Waals surface area (Å²) in [5.74, 6) is 0.467. The minimum absolute atomic E-state index is 0.0439. The average Bonchev–Trinajstić information content (AvgIpc) is 2.53. The molecule has 22 heavy (non-hydrogen) atoms. The van der Waals surface area contributed by atoms with E-state index in [2.05, 4.69) is 10.5 Å². The molecule has 114 valence electrons. The third-order valence-corrected chi connectivity index (χ3v) is 3.10. The summed E-state index contributed by atoms with van der Waals surface area (Å²) in [5.41, 5.74) is 4.58. The fourth-order valence-corrected chi connectivity index (χ4v) is 2.02. The van der Waals surface area contributed by atoms with E-state index in [1.54, 1.807) is 19.2 Å². The summed E-state index contributed by atoms with van der Waals surface area (Å²) < 4.78 is 5.28. The summed E-state index contributed by atoms with van der Waals surface area (Å²) in [4.78, 5) is 11.9. The first-order valence-corrected chi connectivity index (χ1v) is 6.84. The first-order valence-electron chi connectivity index (χ1n) is 6.84. The number of benzene rings is 2. The van der Waals surface area contributed by atoms with Crippen LogP contribution in [0, 0.1) is 0 Å². The molecule has 0 aliphatic carbocycles. The van der Waals surface area contributed by atoms with Gasteiger partial charge in [0.15, 0.2) is 0 Å². The van der Waals surface area contributed by atoms with Crippen molar-refractivity contribution in [1.29, 1.82) is 0 Å². The van der Waals surface area contributed by atoms with Gasteiger partial charge in [-0.1, -0.05) is 24.3 Å². The van der Waals surface area contributed by atoms with E-state index in [9.17, 15) is 9.90 Å². The average molecular weight is 298 g/mol. The summed E-state index contributed by atoms with van der Waals surface area (Å²) in [6.45, 7) is 1.83. The highest BCUT2D eigenvalue weighted by molar-refractivity contribution is 5.95. The maximum absolute atomic E-state index is 11.9. The monoisotopic (exact) mass is 298 g/mol. The fraction of sp³-hybridized carbons (Fsp3) is 0.176. The first kappa shape index (κ1) is 15.6. The van der Waals surface area contributed by atoms with Crippen LogP contribution in [0.4, 0.5) is 0 Å². The van der Waals surface area contributed by atoms with E-state index in [0.29, 0.717) is 12.0 Å². The van der Waals surface area contributed by atoms with Gasteiger partial charge in [-0.15, -0.1) is 0 Å². The Hall–Kier alpha value is -2.82. The van der Waals surface area contributed by atoms with Crippen LogP contribution in [0.25, 0.3) is 0 Å². The van der Waals surface area contributed by atoms with E-state index in [0.717, 1.165) is 17.0 Å². The van der Waals surface area contributed by atoms with Gasteiger partial charge >= 0.3 is 0 Å². The van der Waals surface area contributed by atoms with Gasteiger partial charge in [-0.05, 0) is 36.8 Å². The lowest BCUT2D eigenvalue weighted by Crippen LogP contribution is -2.19. The molecule has 0 atom stereocenters. The molecule has 0 aliphatic rings. The Labute approximate surface area is 129 Å². The first-order chi connectivity index (χ1) is 10.6. The second-order valence-electron chi connectivity index (χ2n) is 4.83. The van der Waals surface area contributed by atoms with E-state index in [-0.39, 0.29) is 11.7 Å². The largest absolute Gasteiger partial charge is 0.508 e. The number of phenols is 1. The minimum atomic E-state index is -0.365. The molecular weight excluding hydrogens is 280 g/mol. The highest BCUT2D eigenvalue weighted by Crippen LogP contribution is 2.18. The molecule has 0 saturated heterocycles. The third-order valence-electron chi connectivity index (χ3n) is 3.10.